The van der Waals surface area contributed by atoms with Crippen molar-refractivity contribution < 1.29 is 9.18 Å². The number of anilines is 1. The number of carbonyl (C=O) groups excluding carboxylic acids is 1. The lowest BCUT2D eigenvalue weighted by Crippen LogP contribution is -2.14. The topological polar surface area (TPSA) is 29.1 Å². The molecule has 2 nitrogen and oxygen atoms in total. The lowest BCUT2D eigenvalue weighted by molar-refractivity contribution is 0.102. The molecule has 0 unspecified atom stereocenters. The van der Waals surface area contributed by atoms with Crippen LogP contribution in [0.15, 0.2) is 36.4 Å². The Morgan fingerprint density at radius 2 is 1.89 bits per heavy atom. The third kappa shape index (κ3) is 3.12. The largest absolute Gasteiger partial charge is 0.322 e. The number of hydrogen-bond acceptors (Lipinski definition) is 1. The van der Waals surface area contributed by atoms with Crippen molar-refractivity contribution in [2.24, 2.45) is 0 Å². The highest BCUT2D eigenvalue weighted by molar-refractivity contribution is 6.30. The minimum atomic E-state index is -0.629. The van der Waals surface area contributed by atoms with Crippen molar-refractivity contribution in [3.63, 3.8) is 0 Å². The van der Waals surface area contributed by atoms with Crippen LogP contribution in [-0.4, -0.2) is 5.91 Å². The molecule has 0 saturated heterocycles. The molecular weight excluding hydrogens is 265 g/mol. The second-order valence-corrected chi connectivity index (χ2v) is 4.83. The molecule has 1 amide bonds. The van der Waals surface area contributed by atoms with Gasteiger partial charge in [-0.05, 0) is 49.2 Å². The molecule has 0 radical (unpaired) electrons. The minimum Gasteiger partial charge on any atom is -0.322 e. The smallest absolute Gasteiger partial charge is 0.258 e. The van der Waals surface area contributed by atoms with Crippen molar-refractivity contribution in [3.8, 4) is 0 Å². The zero-order valence-electron chi connectivity index (χ0n) is 10.6. The third-order valence-electron chi connectivity index (χ3n) is 2.82. The van der Waals surface area contributed by atoms with Crippen molar-refractivity contribution >= 4 is 23.2 Å². The van der Waals surface area contributed by atoms with E-state index in [9.17, 15) is 9.18 Å². The van der Waals surface area contributed by atoms with Gasteiger partial charge in [0.15, 0.2) is 0 Å². The molecule has 1 N–H and O–H groups in total. The highest BCUT2D eigenvalue weighted by atomic mass is 35.5. The van der Waals surface area contributed by atoms with Gasteiger partial charge >= 0.3 is 0 Å². The zero-order chi connectivity index (χ0) is 14.0. The maximum Gasteiger partial charge on any atom is 0.258 e. The van der Waals surface area contributed by atoms with Crippen molar-refractivity contribution in [2.75, 3.05) is 5.32 Å². The van der Waals surface area contributed by atoms with Gasteiger partial charge in [-0.2, -0.15) is 0 Å². The molecule has 19 heavy (non-hydrogen) atoms. The number of benzene rings is 2. The summed E-state index contributed by atoms with van der Waals surface area (Å²) in [6.45, 7) is 3.81. The van der Waals surface area contributed by atoms with Gasteiger partial charge in [0.2, 0.25) is 0 Å². The summed E-state index contributed by atoms with van der Waals surface area (Å²) < 4.78 is 13.6. The lowest BCUT2D eigenvalue weighted by Gasteiger charge is -2.10. The molecule has 0 spiro atoms. The molecule has 4 heteroatoms. The van der Waals surface area contributed by atoms with E-state index in [0.29, 0.717) is 5.69 Å². The monoisotopic (exact) mass is 277 g/mol. The van der Waals surface area contributed by atoms with E-state index in [0.717, 1.165) is 17.2 Å². The fourth-order valence-corrected chi connectivity index (χ4v) is 1.89. The van der Waals surface area contributed by atoms with Gasteiger partial charge in [0.1, 0.15) is 5.82 Å². The predicted molar refractivity (Wildman–Crippen MR) is 75.3 cm³/mol. The Kier molecular flexibility index (Phi) is 3.86. The molecule has 0 aliphatic rings. The normalized spacial score (nSPS) is 10.3. The summed E-state index contributed by atoms with van der Waals surface area (Å²) in [7, 11) is 0. The Bertz CT molecular complexity index is 640. The second kappa shape index (κ2) is 5.41. The number of aryl methyl sites for hydroxylation is 2. The first kappa shape index (κ1) is 13.6. The number of carbonyl (C=O) groups is 1. The summed E-state index contributed by atoms with van der Waals surface area (Å²) in [5.74, 6) is -1.11. The van der Waals surface area contributed by atoms with Crippen molar-refractivity contribution in [1.82, 2.24) is 0 Å². The number of nitrogens with one attached hydrogen (secondary N) is 1. The van der Waals surface area contributed by atoms with Gasteiger partial charge in [0.05, 0.1) is 5.56 Å². The molecule has 0 aromatic heterocycles. The van der Waals surface area contributed by atoms with E-state index < -0.39 is 11.7 Å². The summed E-state index contributed by atoms with van der Waals surface area (Å²) in [5, 5.41) is 2.97. The van der Waals surface area contributed by atoms with Gasteiger partial charge in [0.25, 0.3) is 5.91 Å². The SMILES string of the molecule is Cc1ccc(C)c(NC(=O)c2ccc(Cl)cc2F)c1. The summed E-state index contributed by atoms with van der Waals surface area (Å²) in [6.07, 6.45) is 0. The van der Waals surface area contributed by atoms with Crippen LogP contribution in [0.5, 0.6) is 0 Å². The summed E-state index contributed by atoms with van der Waals surface area (Å²) in [4.78, 5) is 12.0. The maximum absolute atomic E-state index is 13.6. The predicted octanol–water partition coefficient (Wildman–Crippen LogP) is 4.35. The third-order valence-corrected chi connectivity index (χ3v) is 3.05. The molecule has 98 valence electrons. The molecule has 0 saturated carbocycles. The van der Waals surface area contributed by atoms with Gasteiger partial charge in [-0.1, -0.05) is 23.7 Å². The first-order valence-electron chi connectivity index (χ1n) is 5.81. The molecule has 0 heterocycles. The first-order chi connectivity index (χ1) is 8.97. The van der Waals surface area contributed by atoms with E-state index in [4.69, 9.17) is 11.6 Å². The van der Waals surface area contributed by atoms with Crippen LogP contribution >= 0.6 is 11.6 Å². The highest BCUT2D eigenvalue weighted by Gasteiger charge is 2.13. The average Bonchev–Trinajstić information content (AvgIpc) is 2.33. The van der Waals surface area contributed by atoms with E-state index in [-0.39, 0.29) is 10.6 Å². The summed E-state index contributed by atoms with van der Waals surface area (Å²) in [5.41, 5.74) is 2.61. The van der Waals surface area contributed by atoms with E-state index in [1.165, 1.54) is 12.1 Å². The standard InChI is InChI=1S/C15H13ClFNO/c1-9-3-4-10(2)14(7-9)18-15(19)12-6-5-11(16)8-13(12)17/h3-8H,1-2H3,(H,18,19). The molecule has 0 bridgehead atoms. The molecule has 0 aliphatic heterocycles. The highest BCUT2D eigenvalue weighted by Crippen LogP contribution is 2.19. The Morgan fingerprint density at radius 3 is 2.58 bits per heavy atom. The zero-order valence-corrected chi connectivity index (χ0v) is 11.4. The molecule has 2 rings (SSSR count). The Morgan fingerprint density at radius 1 is 1.16 bits per heavy atom. The van der Waals surface area contributed by atoms with Crippen LogP contribution in [0.4, 0.5) is 10.1 Å². The molecule has 0 atom stereocenters. The van der Waals surface area contributed by atoms with Crippen LogP contribution in [0.25, 0.3) is 0 Å². The molecule has 2 aromatic carbocycles. The lowest BCUT2D eigenvalue weighted by atomic mass is 10.1. The van der Waals surface area contributed by atoms with E-state index in [2.05, 4.69) is 5.32 Å². The van der Waals surface area contributed by atoms with Crippen LogP contribution in [0.2, 0.25) is 5.02 Å². The van der Waals surface area contributed by atoms with Crippen LogP contribution in [0, 0.1) is 19.7 Å². The van der Waals surface area contributed by atoms with Gasteiger partial charge in [-0.15, -0.1) is 0 Å². The fraction of sp³-hybridized carbons (Fsp3) is 0.133. The average molecular weight is 278 g/mol. The van der Waals surface area contributed by atoms with E-state index in [1.54, 1.807) is 0 Å². The summed E-state index contributed by atoms with van der Waals surface area (Å²) in [6, 6.07) is 9.69. The Balaban J connectivity index is 2.28. The Labute approximate surface area is 116 Å². The van der Waals surface area contributed by atoms with Crippen molar-refractivity contribution in [2.45, 2.75) is 13.8 Å². The van der Waals surface area contributed by atoms with E-state index in [1.807, 2.05) is 32.0 Å². The fourth-order valence-electron chi connectivity index (χ4n) is 1.73. The van der Waals surface area contributed by atoms with E-state index >= 15 is 0 Å². The van der Waals surface area contributed by atoms with Crippen molar-refractivity contribution in [1.29, 1.82) is 0 Å². The molecule has 0 aliphatic carbocycles. The van der Waals surface area contributed by atoms with Gasteiger partial charge in [0, 0.05) is 10.7 Å². The minimum absolute atomic E-state index is 0.0229. The van der Waals surface area contributed by atoms with Crippen molar-refractivity contribution in [3.05, 3.63) is 63.9 Å². The Hall–Kier alpha value is -1.87. The molecular formula is C15H13ClFNO. The van der Waals surface area contributed by atoms with Crippen LogP contribution < -0.4 is 5.32 Å². The van der Waals surface area contributed by atoms with Gasteiger partial charge in [-0.25, -0.2) is 4.39 Å². The number of halogens is 2. The van der Waals surface area contributed by atoms with Crippen LogP contribution in [0.3, 0.4) is 0 Å². The number of hydrogen-bond donors (Lipinski definition) is 1. The second-order valence-electron chi connectivity index (χ2n) is 4.40. The summed E-state index contributed by atoms with van der Waals surface area (Å²) >= 11 is 5.66. The maximum atomic E-state index is 13.6. The molecule has 2 aromatic rings. The number of rotatable bonds is 2. The van der Waals surface area contributed by atoms with Crippen LogP contribution in [-0.2, 0) is 0 Å². The van der Waals surface area contributed by atoms with Gasteiger partial charge < -0.3 is 5.32 Å². The van der Waals surface area contributed by atoms with Crippen LogP contribution in [0.1, 0.15) is 21.5 Å². The van der Waals surface area contributed by atoms with Gasteiger partial charge in [-0.3, -0.25) is 4.79 Å². The molecule has 0 fully saturated rings. The number of amides is 1. The quantitative estimate of drug-likeness (QED) is 0.869. The first-order valence-corrected chi connectivity index (χ1v) is 6.19.